The summed E-state index contributed by atoms with van der Waals surface area (Å²) in [5, 5.41) is 25.1. The van der Waals surface area contributed by atoms with E-state index in [1.807, 2.05) is 13.8 Å². The van der Waals surface area contributed by atoms with E-state index in [9.17, 15) is 24.6 Å². The van der Waals surface area contributed by atoms with Crippen molar-refractivity contribution in [2.45, 2.75) is 109 Å². The number of carbonyl (C=O) groups excluding carboxylic acids is 3. The highest BCUT2D eigenvalue weighted by Crippen LogP contribution is 2.29. The molecule has 1 aromatic carbocycles. The van der Waals surface area contributed by atoms with E-state index in [1.165, 1.54) is 0 Å². The molecule has 5 N–H and O–H groups in total. The normalized spacial score (nSPS) is 17.8. The molecule has 0 spiro atoms. The molecule has 38 heavy (non-hydrogen) atoms. The van der Waals surface area contributed by atoms with Crippen LogP contribution in [-0.2, 0) is 9.53 Å². The lowest BCUT2D eigenvalue weighted by atomic mass is 9.83. The van der Waals surface area contributed by atoms with Crippen LogP contribution < -0.4 is 11.1 Å². The van der Waals surface area contributed by atoms with Crippen molar-refractivity contribution >= 4 is 17.9 Å². The standard InChI is InChI=1S/C29H47N3O6/c1-19(2)16-22(30)27(36)32(26(35)21-14-10-7-11-15-21)18-24(33)25(34)23(17-20-12-8-6-9-13-20)31-28(37)38-29(3,4)5/h7,10-11,14-15,19-20,22-25,33-34H,6,8-9,12-13,16-18,30H2,1-5H3,(H,31,37)/t22-,23?,24?,25?/m0/s1. The third-order valence-corrected chi connectivity index (χ3v) is 6.76. The van der Waals surface area contributed by atoms with Crippen molar-refractivity contribution in [1.82, 2.24) is 10.2 Å². The molecule has 2 rings (SSSR count). The van der Waals surface area contributed by atoms with Gasteiger partial charge in [0.05, 0.1) is 24.7 Å². The van der Waals surface area contributed by atoms with Crippen LogP contribution in [0.15, 0.2) is 30.3 Å². The van der Waals surface area contributed by atoms with Gasteiger partial charge in [-0.05, 0) is 57.6 Å². The molecular formula is C29H47N3O6. The number of nitrogens with one attached hydrogen (secondary N) is 1. The van der Waals surface area contributed by atoms with E-state index in [4.69, 9.17) is 10.5 Å². The van der Waals surface area contributed by atoms with Crippen molar-refractivity contribution in [2.24, 2.45) is 17.6 Å². The van der Waals surface area contributed by atoms with Crippen LogP contribution >= 0.6 is 0 Å². The maximum absolute atomic E-state index is 13.3. The molecule has 1 aliphatic carbocycles. The average Bonchev–Trinajstić information content (AvgIpc) is 2.85. The Balaban J connectivity index is 2.26. The van der Waals surface area contributed by atoms with Crippen LogP contribution in [0.1, 0.15) is 89.9 Å². The number of imide groups is 1. The minimum Gasteiger partial charge on any atom is -0.444 e. The summed E-state index contributed by atoms with van der Waals surface area (Å²) in [6, 6.07) is 6.51. The maximum Gasteiger partial charge on any atom is 0.407 e. The summed E-state index contributed by atoms with van der Waals surface area (Å²) in [7, 11) is 0. The van der Waals surface area contributed by atoms with Crippen LogP contribution in [0.3, 0.4) is 0 Å². The zero-order valence-corrected chi connectivity index (χ0v) is 23.6. The Kier molecular flexibility index (Phi) is 12.2. The molecule has 9 heteroatoms. The Morgan fingerprint density at radius 2 is 1.68 bits per heavy atom. The van der Waals surface area contributed by atoms with Crippen molar-refractivity contribution in [1.29, 1.82) is 0 Å². The number of nitrogens with zero attached hydrogens (tertiary/aromatic N) is 1. The number of alkyl carbamates (subject to hydrolysis) is 1. The van der Waals surface area contributed by atoms with Gasteiger partial charge in [-0.1, -0.05) is 64.2 Å². The maximum atomic E-state index is 13.3. The SMILES string of the molecule is CC(C)C[C@H](N)C(=O)N(CC(O)C(O)C(CC1CCCCC1)NC(=O)OC(C)(C)C)C(=O)c1ccccc1. The summed E-state index contributed by atoms with van der Waals surface area (Å²) in [6.07, 6.45) is 2.40. The first-order valence-electron chi connectivity index (χ1n) is 13.8. The third-order valence-electron chi connectivity index (χ3n) is 6.76. The second-order valence-corrected chi connectivity index (χ2v) is 11.9. The first-order chi connectivity index (χ1) is 17.8. The molecular weight excluding hydrogens is 486 g/mol. The lowest BCUT2D eigenvalue weighted by Gasteiger charge is -2.34. The Morgan fingerprint density at radius 1 is 1.08 bits per heavy atom. The van der Waals surface area contributed by atoms with E-state index in [0.29, 0.717) is 12.8 Å². The summed E-state index contributed by atoms with van der Waals surface area (Å²) in [5.74, 6) is -0.836. The number of benzene rings is 1. The number of hydrogen-bond acceptors (Lipinski definition) is 7. The topological polar surface area (TPSA) is 142 Å². The van der Waals surface area contributed by atoms with E-state index in [2.05, 4.69) is 5.32 Å². The fourth-order valence-electron chi connectivity index (χ4n) is 4.91. The van der Waals surface area contributed by atoms with Crippen LogP contribution in [0.4, 0.5) is 4.79 Å². The Morgan fingerprint density at radius 3 is 2.24 bits per heavy atom. The van der Waals surface area contributed by atoms with Gasteiger partial charge in [0.15, 0.2) is 0 Å². The summed E-state index contributed by atoms with van der Waals surface area (Å²) in [4.78, 5) is 40.1. The van der Waals surface area contributed by atoms with Crippen molar-refractivity contribution in [3.8, 4) is 0 Å². The molecule has 1 saturated carbocycles. The van der Waals surface area contributed by atoms with Gasteiger partial charge in [-0.2, -0.15) is 0 Å². The Bertz CT molecular complexity index is 895. The highest BCUT2D eigenvalue weighted by atomic mass is 16.6. The van der Waals surface area contributed by atoms with Gasteiger partial charge in [0.1, 0.15) is 11.7 Å². The molecule has 0 aromatic heterocycles. The number of hydrogen-bond donors (Lipinski definition) is 4. The van der Waals surface area contributed by atoms with E-state index < -0.39 is 54.3 Å². The molecule has 3 amide bonds. The van der Waals surface area contributed by atoms with Crippen LogP contribution in [0.5, 0.6) is 0 Å². The van der Waals surface area contributed by atoms with Crippen molar-refractivity contribution in [3.63, 3.8) is 0 Å². The first kappa shape index (κ1) is 31.7. The molecule has 0 heterocycles. The predicted octanol–water partition coefficient (Wildman–Crippen LogP) is 3.61. The molecule has 4 atom stereocenters. The number of nitrogens with two attached hydrogens (primary N) is 1. The lowest BCUT2D eigenvalue weighted by Crippen LogP contribution is -2.56. The minimum absolute atomic E-state index is 0.121. The largest absolute Gasteiger partial charge is 0.444 e. The second-order valence-electron chi connectivity index (χ2n) is 11.9. The molecule has 0 bridgehead atoms. The van der Waals surface area contributed by atoms with Gasteiger partial charge in [0, 0.05) is 5.56 Å². The molecule has 0 radical (unpaired) electrons. The zero-order chi connectivity index (χ0) is 28.5. The summed E-state index contributed by atoms with van der Waals surface area (Å²) in [5.41, 5.74) is 5.67. The fourth-order valence-corrected chi connectivity index (χ4v) is 4.91. The predicted molar refractivity (Wildman–Crippen MR) is 146 cm³/mol. The molecule has 0 saturated heterocycles. The third kappa shape index (κ3) is 10.3. The first-order valence-corrected chi connectivity index (χ1v) is 13.8. The average molecular weight is 534 g/mol. The van der Waals surface area contributed by atoms with Crippen LogP contribution in [0.2, 0.25) is 0 Å². The quantitative estimate of drug-likeness (QED) is 0.340. The summed E-state index contributed by atoms with van der Waals surface area (Å²) in [6.45, 7) is 8.62. The van der Waals surface area contributed by atoms with Gasteiger partial charge in [-0.25, -0.2) is 4.79 Å². The number of carbonyl (C=O) groups is 3. The lowest BCUT2D eigenvalue weighted by molar-refractivity contribution is -0.132. The second kappa shape index (κ2) is 14.6. The van der Waals surface area contributed by atoms with E-state index in [1.54, 1.807) is 51.1 Å². The summed E-state index contributed by atoms with van der Waals surface area (Å²) >= 11 is 0. The Labute approximate surface area is 227 Å². The molecule has 1 aliphatic rings. The van der Waals surface area contributed by atoms with Gasteiger partial charge in [0.2, 0.25) is 5.91 Å². The Hall–Kier alpha value is -2.49. The number of ether oxygens (including phenoxy) is 1. The number of rotatable bonds is 11. The molecule has 1 fully saturated rings. The van der Waals surface area contributed by atoms with Crippen LogP contribution in [0, 0.1) is 11.8 Å². The van der Waals surface area contributed by atoms with Gasteiger partial charge < -0.3 is 26.0 Å². The van der Waals surface area contributed by atoms with Gasteiger partial charge in [-0.3, -0.25) is 14.5 Å². The van der Waals surface area contributed by atoms with Gasteiger partial charge in [0.25, 0.3) is 5.91 Å². The van der Waals surface area contributed by atoms with Crippen molar-refractivity contribution in [2.75, 3.05) is 6.54 Å². The highest BCUT2D eigenvalue weighted by Gasteiger charge is 2.36. The summed E-state index contributed by atoms with van der Waals surface area (Å²) < 4.78 is 5.39. The zero-order valence-electron chi connectivity index (χ0n) is 23.6. The highest BCUT2D eigenvalue weighted by molar-refractivity contribution is 6.06. The number of amides is 3. The minimum atomic E-state index is -1.51. The molecule has 3 unspecified atom stereocenters. The van der Waals surface area contributed by atoms with Crippen LogP contribution in [-0.4, -0.2) is 69.5 Å². The van der Waals surface area contributed by atoms with Gasteiger partial charge in [-0.15, -0.1) is 0 Å². The van der Waals surface area contributed by atoms with Gasteiger partial charge >= 0.3 is 6.09 Å². The smallest absolute Gasteiger partial charge is 0.407 e. The van der Waals surface area contributed by atoms with Crippen LogP contribution in [0.25, 0.3) is 0 Å². The molecule has 9 nitrogen and oxygen atoms in total. The molecule has 1 aromatic rings. The number of aliphatic hydroxyl groups excluding tert-OH is 2. The van der Waals surface area contributed by atoms with Crippen molar-refractivity contribution < 1.29 is 29.3 Å². The molecule has 0 aliphatic heterocycles. The van der Waals surface area contributed by atoms with E-state index >= 15 is 0 Å². The molecule has 214 valence electrons. The van der Waals surface area contributed by atoms with E-state index in [-0.39, 0.29) is 17.4 Å². The van der Waals surface area contributed by atoms with E-state index in [0.717, 1.165) is 37.0 Å². The fraction of sp³-hybridized carbons (Fsp3) is 0.690. The number of aliphatic hydroxyl groups is 2. The van der Waals surface area contributed by atoms with Crippen molar-refractivity contribution in [3.05, 3.63) is 35.9 Å². The monoisotopic (exact) mass is 533 g/mol.